The molecule has 1 radical (unpaired) electrons. The van der Waals surface area contributed by atoms with Crippen molar-refractivity contribution in [2.24, 2.45) is 0 Å². The molecule has 0 N–H and O–H groups in total. The van der Waals surface area contributed by atoms with Crippen molar-refractivity contribution in [2.45, 2.75) is 6.61 Å². The van der Waals surface area contributed by atoms with Crippen LogP contribution in [-0.2, 0) is 6.61 Å². The Hall–Kier alpha value is -2.55. The van der Waals surface area contributed by atoms with E-state index in [0.29, 0.717) is 12.5 Å². The number of oxazole rings is 1. The van der Waals surface area contributed by atoms with Gasteiger partial charge in [-0.15, -0.1) is 0 Å². The lowest BCUT2D eigenvalue weighted by Gasteiger charge is -2.09. The fourth-order valence-corrected chi connectivity index (χ4v) is 1.80. The third kappa shape index (κ3) is 2.65. The van der Waals surface area contributed by atoms with Crippen LogP contribution in [0.1, 0.15) is 5.56 Å². The predicted octanol–water partition coefficient (Wildman–Crippen LogP) is 3.72. The standard InChI is InChI=1S/C16H12NO2/c1-2-6-13(7-3-1)12-19-15-9-5-4-8-14(15)16-17-10-11-18-16/h1-3,5-11H,12H2. The SMILES string of the molecule is [c]1ccc(OCc2ccccc2)c(-c2ncco2)c1. The summed E-state index contributed by atoms with van der Waals surface area (Å²) in [5, 5.41) is 0. The molecule has 2 aromatic carbocycles. The van der Waals surface area contributed by atoms with E-state index in [1.165, 1.54) is 0 Å². The molecule has 0 unspecified atom stereocenters. The van der Waals surface area contributed by atoms with Crippen LogP contribution in [0.2, 0.25) is 0 Å². The molecule has 0 fully saturated rings. The monoisotopic (exact) mass is 250 g/mol. The zero-order valence-electron chi connectivity index (χ0n) is 10.2. The molecule has 0 atom stereocenters. The minimum absolute atomic E-state index is 0.512. The first kappa shape index (κ1) is 11.5. The van der Waals surface area contributed by atoms with Crippen molar-refractivity contribution >= 4 is 0 Å². The van der Waals surface area contributed by atoms with Crippen molar-refractivity contribution in [3.63, 3.8) is 0 Å². The quantitative estimate of drug-likeness (QED) is 0.707. The Morgan fingerprint density at radius 3 is 2.84 bits per heavy atom. The Labute approximate surface area is 111 Å². The molecule has 3 aromatic rings. The van der Waals surface area contributed by atoms with Crippen molar-refractivity contribution in [2.75, 3.05) is 0 Å². The average Bonchev–Trinajstić information content (AvgIpc) is 3.01. The molecule has 1 aromatic heterocycles. The van der Waals surface area contributed by atoms with Gasteiger partial charge in [-0.05, 0) is 23.8 Å². The second-order valence-corrected chi connectivity index (χ2v) is 4.03. The highest BCUT2D eigenvalue weighted by atomic mass is 16.5. The van der Waals surface area contributed by atoms with E-state index in [1.807, 2.05) is 48.5 Å². The lowest BCUT2D eigenvalue weighted by molar-refractivity contribution is 0.306. The topological polar surface area (TPSA) is 35.3 Å². The number of hydrogen-bond donors (Lipinski definition) is 0. The van der Waals surface area contributed by atoms with Crippen LogP contribution in [0.4, 0.5) is 0 Å². The average molecular weight is 250 g/mol. The largest absolute Gasteiger partial charge is 0.488 e. The first-order chi connectivity index (χ1) is 9.43. The van der Waals surface area contributed by atoms with E-state index in [-0.39, 0.29) is 0 Å². The van der Waals surface area contributed by atoms with E-state index < -0.39 is 0 Å². The Morgan fingerprint density at radius 2 is 2.05 bits per heavy atom. The molecule has 0 aliphatic rings. The summed E-state index contributed by atoms with van der Waals surface area (Å²) in [5.41, 5.74) is 1.93. The molecule has 0 saturated heterocycles. The minimum atomic E-state index is 0.512. The van der Waals surface area contributed by atoms with Crippen molar-refractivity contribution in [3.8, 4) is 17.2 Å². The summed E-state index contributed by atoms with van der Waals surface area (Å²) in [5.74, 6) is 1.28. The molecule has 0 aliphatic carbocycles. The van der Waals surface area contributed by atoms with Gasteiger partial charge in [0.25, 0.3) is 0 Å². The van der Waals surface area contributed by atoms with Crippen LogP contribution >= 0.6 is 0 Å². The number of ether oxygens (including phenoxy) is 1. The number of benzene rings is 2. The molecule has 3 heteroatoms. The van der Waals surface area contributed by atoms with Crippen LogP contribution in [0.5, 0.6) is 5.75 Å². The van der Waals surface area contributed by atoms with Gasteiger partial charge in [-0.25, -0.2) is 4.98 Å². The Balaban J connectivity index is 1.82. The molecule has 93 valence electrons. The van der Waals surface area contributed by atoms with Gasteiger partial charge in [0, 0.05) is 0 Å². The van der Waals surface area contributed by atoms with E-state index in [1.54, 1.807) is 12.5 Å². The van der Waals surface area contributed by atoms with Crippen molar-refractivity contribution in [1.29, 1.82) is 0 Å². The van der Waals surface area contributed by atoms with Gasteiger partial charge < -0.3 is 9.15 Å². The minimum Gasteiger partial charge on any atom is -0.488 e. The van der Waals surface area contributed by atoms with Crippen LogP contribution in [-0.4, -0.2) is 4.98 Å². The summed E-state index contributed by atoms with van der Waals surface area (Å²) in [6.07, 6.45) is 3.16. The van der Waals surface area contributed by atoms with E-state index in [2.05, 4.69) is 11.1 Å². The third-order valence-electron chi connectivity index (χ3n) is 2.72. The predicted molar refractivity (Wildman–Crippen MR) is 71.5 cm³/mol. The lowest BCUT2D eigenvalue weighted by Crippen LogP contribution is -1.96. The van der Waals surface area contributed by atoms with Gasteiger partial charge in [-0.2, -0.15) is 0 Å². The normalized spacial score (nSPS) is 10.3. The molecular weight excluding hydrogens is 238 g/mol. The summed E-state index contributed by atoms with van der Waals surface area (Å²) in [6.45, 7) is 0.512. The van der Waals surface area contributed by atoms with Gasteiger partial charge in [0.15, 0.2) is 0 Å². The van der Waals surface area contributed by atoms with Crippen LogP contribution < -0.4 is 4.74 Å². The highest BCUT2D eigenvalue weighted by Crippen LogP contribution is 2.28. The van der Waals surface area contributed by atoms with Crippen molar-refractivity contribution in [1.82, 2.24) is 4.98 Å². The molecule has 19 heavy (non-hydrogen) atoms. The molecular formula is C16H12NO2. The van der Waals surface area contributed by atoms with Crippen LogP contribution in [0.3, 0.4) is 0 Å². The van der Waals surface area contributed by atoms with Crippen LogP contribution in [0, 0.1) is 6.07 Å². The molecule has 0 bridgehead atoms. The van der Waals surface area contributed by atoms with Gasteiger partial charge in [0.1, 0.15) is 18.6 Å². The first-order valence-corrected chi connectivity index (χ1v) is 6.00. The summed E-state index contributed by atoms with van der Waals surface area (Å²) < 4.78 is 11.1. The fraction of sp³-hybridized carbons (Fsp3) is 0.0625. The van der Waals surface area contributed by atoms with Crippen LogP contribution in [0.15, 0.2) is 65.4 Å². The van der Waals surface area contributed by atoms with Gasteiger partial charge in [-0.1, -0.05) is 36.4 Å². The van der Waals surface area contributed by atoms with Crippen molar-refractivity contribution in [3.05, 3.63) is 72.6 Å². The van der Waals surface area contributed by atoms with Gasteiger partial charge in [0.2, 0.25) is 5.89 Å². The summed E-state index contributed by atoms with van der Waals surface area (Å²) in [7, 11) is 0. The van der Waals surface area contributed by atoms with E-state index in [4.69, 9.17) is 9.15 Å². The van der Waals surface area contributed by atoms with Gasteiger partial charge in [-0.3, -0.25) is 0 Å². The molecule has 1 heterocycles. The summed E-state index contributed by atoms with van der Waals surface area (Å²) in [6, 6.07) is 18.5. The second kappa shape index (κ2) is 5.40. The zero-order valence-corrected chi connectivity index (χ0v) is 10.2. The maximum absolute atomic E-state index is 5.83. The zero-order chi connectivity index (χ0) is 12.9. The fourth-order valence-electron chi connectivity index (χ4n) is 1.80. The Bertz CT molecular complexity index is 633. The molecule has 0 spiro atoms. The molecule has 0 amide bonds. The van der Waals surface area contributed by atoms with Crippen LogP contribution in [0.25, 0.3) is 11.5 Å². The second-order valence-electron chi connectivity index (χ2n) is 4.03. The first-order valence-electron chi connectivity index (χ1n) is 6.00. The number of hydrogen-bond acceptors (Lipinski definition) is 3. The maximum atomic E-state index is 5.83. The van der Waals surface area contributed by atoms with Gasteiger partial charge >= 0.3 is 0 Å². The molecule has 0 aliphatic heterocycles. The van der Waals surface area contributed by atoms with E-state index in [9.17, 15) is 0 Å². The summed E-state index contributed by atoms with van der Waals surface area (Å²) in [4.78, 5) is 4.14. The summed E-state index contributed by atoms with van der Waals surface area (Å²) >= 11 is 0. The number of nitrogens with zero attached hydrogens (tertiary/aromatic N) is 1. The van der Waals surface area contributed by atoms with Gasteiger partial charge in [0.05, 0.1) is 11.8 Å². The highest BCUT2D eigenvalue weighted by molar-refractivity contribution is 5.62. The third-order valence-corrected chi connectivity index (χ3v) is 2.72. The number of aromatic nitrogens is 1. The molecule has 3 nitrogen and oxygen atoms in total. The maximum Gasteiger partial charge on any atom is 0.229 e. The van der Waals surface area contributed by atoms with E-state index in [0.717, 1.165) is 16.9 Å². The lowest BCUT2D eigenvalue weighted by atomic mass is 10.2. The number of rotatable bonds is 4. The Kier molecular flexibility index (Phi) is 3.28. The molecule has 0 saturated carbocycles. The van der Waals surface area contributed by atoms with Crippen molar-refractivity contribution < 1.29 is 9.15 Å². The Morgan fingerprint density at radius 1 is 1.16 bits per heavy atom. The molecule has 3 rings (SSSR count). The smallest absolute Gasteiger partial charge is 0.229 e. The highest BCUT2D eigenvalue weighted by Gasteiger charge is 2.09. The van der Waals surface area contributed by atoms with E-state index >= 15 is 0 Å².